The monoisotopic (exact) mass is 343 g/mol. The van der Waals surface area contributed by atoms with Crippen molar-refractivity contribution < 1.29 is 14.5 Å². The van der Waals surface area contributed by atoms with Crippen LogP contribution in [0.5, 0.6) is 5.75 Å². The van der Waals surface area contributed by atoms with Gasteiger partial charge in [0.25, 0.3) is 11.6 Å². The fourth-order valence-corrected chi connectivity index (χ4v) is 2.32. The summed E-state index contributed by atoms with van der Waals surface area (Å²) in [6.07, 6.45) is 0. The van der Waals surface area contributed by atoms with E-state index in [9.17, 15) is 14.9 Å². The van der Waals surface area contributed by atoms with Crippen LogP contribution in [-0.4, -0.2) is 50.0 Å². The van der Waals surface area contributed by atoms with Gasteiger partial charge in [-0.05, 0) is 18.2 Å². The van der Waals surface area contributed by atoms with Crippen molar-refractivity contribution in [3.8, 4) is 5.75 Å². The molecule has 2 rings (SSSR count). The summed E-state index contributed by atoms with van der Waals surface area (Å²) in [5.74, 6) is 0.441. The molecule has 0 bridgehead atoms. The van der Waals surface area contributed by atoms with Gasteiger partial charge in [-0.25, -0.2) is 0 Å². The van der Waals surface area contributed by atoms with E-state index < -0.39 is 4.92 Å². The molecule has 0 atom stereocenters. The predicted molar refractivity (Wildman–Crippen MR) is 96.3 cm³/mol. The van der Waals surface area contributed by atoms with E-state index in [2.05, 4.69) is 0 Å². The molecule has 2 aromatic rings. The lowest BCUT2D eigenvalue weighted by Gasteiger charge is -2.22. The zero-order chi connectivity index (χ0) is 18.4. The van der Waals surface area contributed by atoms with Gasteiger partial charge in [0.1, 0.15) is 12.4 Å². The highest BCUT2D eigenvalue weighted by molar-refractivity contribution is 6.00. The number of non-ortho nitro benzene ring substituents is 1. The molecule has 0 aliphatic heterocycles. The third-order valence-corrected chi connectivity index (χ3v) is 3.69. The quantitative estimate of drug-likeness (QED) is 0.571. The molecule has 7 heteroatoms. The summed E-state index contributed by atoms with van der Waals surface area (Å²) in [7, 11) is 5.22. The molecule has 25 heavy (non-hydrogen) atoms. The molecular weight excluding hydrogens is 322 g/mol. The van der Waals surface area contributed by atoms with Crippen LogP contribution in [0.3, 0.4) is 0 Å². The fourth-order valence-electron chi connectivity index (χ4n) is 2.32. The Morgan fingerprint density at radius 1 is 1.12 bits per heavy atom. The van der Waals surface area contributed by atoms with Crippen LogP contribution in [0.15, 0.2) is 48.5 Å². The first kappa shape index (κ1) is 18.3. The minimum Gasteiger partial charge on any atom is -0.492 e. The summed E-state index contributed by atoms with van der Waals surface area (Å²) >= 11 is 0. The van der Waals surface area contributed by atoms with Crippen molar-refractivity contribution in [3.63, 3.8) is 0 Å². The molecule has 132 valence electrons. The second-order valence-electron chi connectivity index (χ2n) is 5.74. The third-order valence-electron chi connectivity index (χ3n) is 3.69. The van der Waals surface area contributed by atoms with E-state index in [0.717, 1.165) is 5.75 Å². The first-order valence-corrected chi connectivity index (χ1v) is 7.79. The maximum Gasteiger partial charge on any atom is 0.270 e. The van der Waals surface area contributed by atoms with Crippen LogP contribution in [0, 0.1) is 10.1 Å². The van der Waals surface area contributed by atoms with Crippen molar-refractivity contribution in [2.75, 3.05) is 39.2 Å². The van der Waals surface area contributed by atoms with Gasteiger partial charge in [-0.3, -0.25) is 14.9 Å². The molecule has 0 spiro atoms. The maximum absolute atomic E-state index is 12.7. The number of anilines is 1. The molecule has 0 saturated carbocycles. The number of likely N-dealkylation sites (N-methyl/N-ethyl adjacent to an activating group) is 1. The Hall–Kier alpha value is -3.09. The van der Waals surface area contributed by atoms with Gasteiger partial charge in [0.2, 0.25) is 0 Å². The topological polar surface area (TPSA) is 75.9 Å². The van der Waals surface area contributed by atoms with Crippen molar-refractivity contribution in [3.05, 3.63) is 64.2 Å². The van der Waals surface area contributed by atoms with Crippen molar-refractivity contribution >= 4 is 17.3 Å². The van der Waals surface area contributed by atoms with Crippen LogP contribution < -0.4 is 9.64 Å². The number of nitrogens with zero attached hydrogens (tertiary/aromatic N) is 3. The number of carbonyl (C=O) groups excluding carboxylic acids is 1. The number of para-hydroxylation sites is 1. The van der Waals surface area contributed by atoms with Gasteiger partial charge in [0.05, 0.1) is 17.0 Å². The molecule has 1 amide bonds. The van der Waals surface area contributed by atoms with Crippen LogP contribution >= 0.6 is 0 Å². The largest absolute Gasteiger partial charge is 0.492 e. The first-order valence-electron chi connectivity index (χ1n) is 7.79. The smallest absolute Gasteiger partial charge is 0.270 e. The van der Waals surface area contributed by atoms with Crippen molar-refractivity contribution in [1.29, 1.82) is 0 Å². The van der Waals surface area contributed by atoms with Crippen LogP contribution in [0.1, 0.15) is 10.4 Å². The predicted octanol–water partition coefficient (Wildman–Crippen LogP) is 2.81. The molecule has 0 saturated heterocycles. The fraction of sp³-hybridized carbons (Fsp3) is 0.278. The summed E-state index contributed by atoms with van der Waals surface area (Å²) in [6.45, 7) is 0.696. The molecule has 0 heterocycles. The lowest BCUT2D eigenvalue weighted by atomic mass is 10.1. The Bertz CT molecular complexity index is 747. The van der Waals surface area contributed by atoms with Gasteiger partial charge >= 0.3 is 0 Å². The molecule has 0 fully saturated rings. The highest BCUT2D eigenvalue weighted by Crippen LogP contribution is 2.25. The van der Waals surface area contributed by atoms with Crippen LogP contribution in [-0.2, 0) is 0 Å². The minimum absolute atomic E-state index is 0.108. The summed E-state index contributed by atoms with van der Waals surface area (Å²) < 4.78 is 5.59. The van der Waals surface area contributed by atoms with Gasteiger partial charge in [-0.1, -0.05) is 18.2 Å². The summed E-state index contributed by atoms with van der Waals surface area (Å²) in [5.41, 5.74) is 0.815. The summed E-state index contributed by atoms with van der Waals surface area (Å²) in [6, 6.07) is 13.6. The molecule has 0 aliphatic carbocycles. The zero-order valence-corrected chi connectivity index (χ0v) is 14.5. The molecule has 0 aliphatic rings. The lowest BCUT2D eigenvalue weighted by Crippen LogP contribution is -2.32. The number of amides is 1. The number of hydrogen-bond donors (Lipinski definition) is 0. The van der Waals surface area contributed by atoms with Gasteiger partial charge in [0.15, 0.2) is 0 Å². The van der Waals surface area contributed by atoms with Crippen molar-refractivity contribution in [2.45, 2.75) is 0 Å². The molecule has 0 aromatic heterocycles. The SMILES string of the molecule is CN(CCOc1ccccc1)C(=O)c1cc([N+](=O)[O-])ccc1N(C)C. The number of benzene rings is 2. The van der Waals surface area contributed by atoms with Crippen LogP contribution in [0.4, 0.5) is 11.4 Å². The van der Waals surface area contributed by atoms with E-state index in [1.54, 1.807) is 32.1 Å². The zero-order valence-electron chi connectivity index (χ0n) is 14.5. The second kappa shape index (κ2) is 8.14. The Kier molecular flexibility index (Phi) is 5.94. The minimum atomic E-state index is -0.505. The summed E-state index contributed by atoms with van der Waals surface area (Å²) in [5, 5.41) is 11.0. The van der Waals surface area contributed by atoms with Gasteiger partial charge in [-0.2, -0.15) is 0 Å². The average molecular weight is 343 g/mol. The van der Waals surface area contributed by atoms with Gasteiger partial charge < -0.3 is 14.5 Å². The lowest BCUT2D eigenvalue weighted by molar-refractivity contribution is -0.384. The molecule has 0 unspecified atom stereocenters. The molecule has 2 aromatic carbocycles. The summed E-state index contributed by atoms with van der Waals surface area (Å²) in [4.78, 5) is 26.5. The van der Waals surface area contributed by atoms with E-state index in [4.69, 9.17) is 4.74 Å². The van der Waals surface area contributed by atoms with E-state index >= 15 is 0 Å². The first-order chi connectivity index (χ1) is 11.9. The maximum atomic E-state index is 12.7. The standard InChI is InChI=1S/C18H21N3O4/c1-19(2)17-10-9-14(21(23)24)13-16(17)18(22)20(3)11-12-25-15-7-5-4-6-8-15/h4-10,13H,11-12H2,1-3H3. The Morgan fingerprint density at radius 2 is 1.80 bits per heavy atom. The Balaban J connectivity index is 2.09. The van der Waals surface area contributed by atoms with Crippen molar-refractivity contribution in [1.82, 2.24) is 4.90 Å². The normalized spacial score (nSPS) is 10.2. The Morgan fingerprint density at radius 3 is 2.40 bits per heavy atom. The van der Waals surface area contributed by atoms with Crippen LogP contribution in [0.2, 0.25) is 0 Å². The molecule has 7 nitrogen and oxygen atoms in total. The van der Waals surface area contributed by atoms with Gasteiger partial charge in [-0.15, -0.1) is 0 Å². The molecular formula is C18H21N3O4. The number of carbonyl (C=O) groups is 1. The third kappa shape index (κ3) is 4.69. The van der Waals surface area contributed by atoms with E-state index in [0.29, 0.717) is 24.4 Å². The van der Waals surface area contributed by atoms with E-state index in [-0.39, 0.29) is 11.6 Å². The number of hydrogen-bond acceptors (Lipinski definition) is 5. The van der Waals surface area contributed by atoms with E-state index in [1.807, 2.05) is 30.3 Å². The highest BCUT2D eigenvalue weighted by atomic mass is 16.6. The van der Waals surface area contributed by atoms with Gasteiger partial charge in [0, 0.05) is 39.0 Å². The Labute approximate surface area is 146 Å². The van der Waals surface area contributed by atoms with Crippen molar-refractivity contribution in [2.24, 2.45) is 0 Å². The highest BCUT2D eigenvalue weighted by Gasteiger charge is 2.20. The number of nitro groups is 1. The molecule has 0 N–H and O–H groups in total. The second-order valence-corrected chi connectivity index (χ2v) is 5.74. The van der Waals surface area contributed by atoms with Crippen LogP contribution in [0.25, 0.3) is 0 Å². The number of ether oxygens (including phenoxy) is 1. The number of nitro benzene ring substituents is 1. The average Bonchev–Trinajstić information content (AvgIpc) is 2.61. The molecule has 0 radical (unpaired) electrons. The van der Waals surface area contributed by atoms with E-state index in [1.165, 1.54) is 17.0 Å². The number of rotatable bonds is 7.